The number of benzene rings is 1. The number of hydrogen-bond donors (Lipinski definition) is 2. The number of rotatable bonds is 1. The van der Waals surface area contributed by atoms with E-state index in [9.17, 15) is 4.21 Å². The lowest BCUT2D eigenvalue weighted by atomic mass is 10.3. The minimum Gasteiger partial charge on any atom is -0.398 e. The third kappa shape index (κ3) is 1.34. The standard InChI is InChI=1S/C6H7NO2S/c7-5-3-1-2-4-6(5)10(8)9/h1-4H,7H2,(H,8,9). The quantitative estimate of drug-likeness (QED) is 0.469. The molecule has 1 aromatic carbocycles. The highest BCUT2D eigenvalue weighted by Crippen LogP contribution is 2.12. The molecule has 0 aliphatic rings. The van der Waals surface area contributed by atoms with Gasteiger partial charge in [0.1, 0.15) is 0 Å². The first-order valence-electron chi connectivity index (χ1n) is 2.67. The van der Waals surface area contributed by atoms with E-state index in [0.717, 1.165) is 0 Å². The van der Waals surface area contributed by atoms with Crippen molar-refractivity contribution in [2.45, 2.75) is 4.90 Å². The van der Waals surface area contributed by atoms with Crippen LogP contribution in [0.15, 0.2) is 29.2 Å². The largest absolute Gasteiger partial charge is 0.398 e. The summed E-state index contributed by atoms with van der Waals surface area (Å²) < 4.78 is 19.0. The minimum absolute atomic E-state index is 0.266. The van der Waals surface area contributed by atoms with Gasteiger partial charge in [-0.05, 0) is 12.1 Å². The third-order valence-electron chi connectivity index (χ3n) is 1.11. The molecule has 0 amide bonds. The molecule has 4 heteroatoms. The van der Waals surface area contributed by atoms with Crippen molar-refractivity contribution in [3.8, 4) is 0 Å². The van der Waals surface area contributed by atoms with Crippen molar-refractivity contribution in [1.82, 2.24) is 0 Å². The maximum Gasteiger partial charge on any atom is 0.188 e. The summed E-state index contributed by atoms with van der Waals surface area (Å²) in [5, 5.41) is 0. The summed E-state index contributed by atoms with van der Waals surface area (Å²) in [6.07, 6.45) is 0. The van der Waals surface area contributed by atoms with E-state index < -0.39 is 11.1 Å². The van der Waals surface area contributed by atoms with Gasteiger partial charge >= 0.3 is 0 Å². The first-order valence-corrected chi connectivity index (χ1v) is 3.78. The molecule has 54 valence electrons. The Hall–Kier alpha value is -0.870. The van der Waals surface area contributed by atoms with E-state index in [4.69, 9.17) is 10.3 Å². The maximum absolute atomic E-state index is 10.5. The van der Waals surface area contributed by atoms with Gasteiger partial charge in [0.15, 0.2) is 11.1 Å². The lowest BCUT2D eigenvalue weighted by molar-refractivity contribution is 0.565. The molecular weight excluding hydrogens is 150 g/mol. The number of nitrogens with two attached hydrogens (primary N) is 1. The highest BCUT2D eigenvalue weighted by Gasteiger charge is 2.01. The van der Waals surface area contributed by atoms with Gasteiger partial charge in [-0.1, -0.05) is 12.1 Å². The van der Waals surface area contributed by atoms with Crippen LogP contribution in [0.4, 0.5) is 5.69 Å². The van der Waals surface area contributed by atoms with Crippen molar-refractivity contribution >= 4 is 16.8 Å². The molecule has 0 radical (unpaired) electrons. The summed E-state index contributed by atoms with van der Waals surface area (Å²) >= 11 is -1.97. The summed E-state index contributed by atoms with van der Waals surface area (Å²) in [6, 6.07) is 6.49. The Morgan fingerprint density at radius 3 is 2.40 bits per heavy atom. The summed E-state index contributed by atoms with van der Waals surface area (Å²) in [7, 11) is 0. The molecule has 0 aromatic heterocycles. The molecule has 0 aliphatic heterocycles. The van der Waals surface area contributed by atoms with E-state index in [1.54, 1.807) is 18.2 Å². The number of hydrogen-bond acceptors (Lipinski definition) is 2. The first kappa shape index (κ1) is 7.24. The molecule has 10 heavy (non-hydrogen) atoms. The maximum atomic E-state index is 10.5. The Balaban J connectivity index is 3.15. The smallest absolute Gasteiger partial charge is 0.188 e. The van der Waals surface area contributed by atoms with Gasteiger partial charge in [-0.2, -0.15) is 0 Å². The zero-order valence-electron chi connectivity index (χ0n) is 5.15. The second kappa shape index (κ2) is 2.81. The molecule has 3 nitrogen and oxygen atoms in total. The molecule has 1 atom stereocenters. The Morgan fingerprint density at radius 1 is 1.40 bits per heavy atom. The van der Waals surface area contributed by atoms with E-state index in [1.807, 2.05) is 0 Å². The lowest BCUT2D eigenvalue weighted by Gasteiger charge is -1.97. The van der Waals surface area contributed by atoms with Crippen LogP contribution in [0.5, 0.6) is 0 Å². The zero-order chi connectivity index (χ0) is 7.56. The van der Waals surface area contributed by atoms with Gasteiger partial charge in [0, 0.05) is 0 Å². The van der Waals surface area contributed by atoms with Crippen LogP contribution in [-0.4, -0.2) is 8.76 Å². The van der Waals surface area contributed by atoms with Crippen molar-refractivity contribution < 1.29 is 8.76 Å². The van der Waals surface area contributed by atoms with Crippen LogP contribution in [0.3, 0.4) is 0 Å². The lowest BCUT2D eigenvalue weighted by Crippen LogP contribution is -1.94. The second-order valence-electron chi connectivity index (χ2n) is 1.79. The molecule has 1 aromatic rings. The van der Waals surface area contributed by atoms with Crippen molar-refractivity contribution in [2.24, 2.45) is 0 Å². The molecule has 0 spiro atoms. The normalized spacial score (nSPS) is 12.9. The van der Waals surface area contributed by atoms with Gasteiger partial charge in [0.25, 0.3) is 0 Å². The molecule has 0 aliphatic carbocycles. The van der Waals surface area contributed by atoms with Gasteiger partial charge in [-0.25, -0.2) is 4.21 Å². The summed E-state index contributed by atoms with van der Waals surface area (Å²) in [5.41, 5.74) is 5.72. The fourth-order valence-corrected chi connectivity index (χ4v) is 1.10. The van der Waals surface area contributed by atoms with Crippen LogP contribution in [0.25, 0.3) is 0 Å². The summed E-state index contributed by atoms with van der Waals surface area (Å²) in [6.45, 7) is 0. The molecule has 0 heterocycles. The van der Waals surface area contributed by atoms with Gasteiger partial charge in [0.2, 0.25) is 0 Å². The van der Waals surface area contributed by atoms with Crippen molar-refractivity contribution in [3.05, 3.63) is 24.3 Å². The minimum atomic E-state index is -1.97. The summed E-state index contributed by atoms with van der Waals surface area (Å²) in [4.78, 5) is 0.266. The van der Waals surface area contributed by atoms with Crippen molar-refractivity contribution in [3.63, 3.8) is 0 Å². The fourth-order valence-electron chi connectivity index (χ4n) is 0.640. The van der Waals surface area contributed by atoms with Crippen molar-refractivity contribution in [2.75, 3.05) is 5.73 Å². The van der Waals surface area contributed by atoms with Gasteiger partial charge in [0.05, 0.1) is 10.6 Å². The Bertz CT molecular complexity index is 262. The average Bonchev–Trinajstić information content (AvgIpc) is 1.88. The number of nitrogen functional groups attached to an aromatic ring is 1. The van der Waals surface area contributed by atoms with Gasteiger partial charge < -0.3 is 10.3 Å². The topological polar surface area (TPSA) is 63.3 Å². The molecule has 3 N–H and O–H groups in total. The van der Waals surface area contributed by atoms with Crippen LogP contribution in [-0.2, 0) is 11.1 Å². The zero-order valence-corrected chi connectivity index (χ0v) is 5.97. The SMILES string of the molecule is Nc1ccccc1S(=O)O. The van der Waals surface area contributed by atoms with Gasteiger partial charge in [-0.3, -0.25) is 0 Å². The van der Waals surface area contributed by atoms with E-state index in [2.05, 4.69) is 0 Å². The number of anilines is 1. The monoisotopic (exact) mass is 157 g/mol. The predicted octanol–water partition coefficient (Wildman–Crippen LogP) is 0.849. The highest BCUT2D eigenvalue weighted by atomic mass is 32.2. The molecule has 0 fully saturated rings. The van der Waals surface area contributed by atoms with Crippen LogP contribution in [0.1, 0.15) is 0 Å². The van der Waals surface area contributed by atoms with E-state index in [-0.39, 0.29) is 4.90 Å². The van der Waals surface area contributed by atoms with Crippen LogP contribution in [0, 0.1) is 0 Å². The Kier molecular flexibility index (Phi) is 2.03. The van der Waals surface area contributed by atoms with Crippen molar-refractivity contribution in [1.29, 1.82) is 0 Å². The molecule has 1 unspecified atom stereocenters. The van der Waals surface area contributed by atoms with Crippen LogP contribution < -0.4 is 5.73 Å². The fraction of sp³-hybridized carbons (Fsp3) is 0. The molecule has 1 rings (SSSR count). The van der Waals surface area contributed by atoms with Crippen LogP contribution >= 0.6 is 0 Å². The molecule has 0 saturated carbocycles. The predicted molar refractivity (Wildman–Crippen MR) is 39.9 cm³/mol. The van der Waals surface area contributed by atoms with E-state index in [0.29, 0.717) is 5.69 Å². The average molecular weight is 157 g/mol. The number of para-hydroxylation sites is 1. The van der Waals surface area contributed by atoms with Crippen LogP contribution in [0.2, 0.25) is 0 Å². The Morgan fingerprint density at radius 2 is 2.00 bits per heavy atom. The van der Waals surface area contributed by atoms with E-state index >= 15 is 0 Å². The summed E-state index contributed by atoms with van der Waals surface area (Å²) in [5.74, 6) is 0. The third-order valence-corrected chi connectivity index (χ3v) is 1.86. The molecule has 0 bridgehead atoms. The highest BCUT2D eigenvalue weighted by molar-refractivity contribution is 7.79. The molecule has 0 saturated heterocycles. The Labute approximate surface area is 61.1 Å². The van der Waals surface area contributed by atoms with Gasteiger partial charge in [-0.15, -0.1) is 0 Å². The first-order chi connectivity index (χ1) is 4.72. The second-order valence-corrected chi connectivity index (χ2v) is 2.73. The van der Waals surface area contributed by atoms with E-state index in [1.165, 1.54) is 6.07 Å². The molecular formula is C6H7NO2S.